The Morgan fingerprint density at radius 2 is 1.11 bits per heavy atom. The summed E-state index contributed by atoms with van der Waals surface area (Å²) >= 11 is 0. The number of hydrogen-bond acceptors (Lipinski definition) is 9. The molecule has 0 bridgehead atoms. The van der Waals surface area contributed by atoms with E-state index in [2.05, 4.69) is 9.05 Å². The van der Waals surface area contributed by atoms with Crippen LogP contribution < -0.4 is 0 Å². The molecule has 0 aromatic heterocycles. The highest BCUT2D eigenvalue weighted by Gasteiger charge is 2.29. The van der Waals surface area contributed by atoms with Crippen LogP contribution >= 0.6 is 8.25 Å². The van der Waals surface area contributed by atoms with Crippen LogP contribution in [0, 0.1) is 0 Å². The van der Waals surface area contributed by atoms with Crippen LogP contribution in [-0.4, -0.2) is 59.6 Å². The van der Waals surface area contributed by atoms with Gasteiger partial charge in [0.2, 0.25) is 0 Å². The zero-order valence-electron chi connectivity index (χ0n) is 9.60. The Bertz CT molecular complexity index is 226. The lowest BCUT2D eigenvalue weighted by Crippen LogP contribution is -2.34. The first-order valence-corrected chi connectivity index (χ1v) is 10.4. The topological polar surface area (TPSA) is 157 Å². The predicted octanol–water partition coefficient (Wildman–Crippen LogP) is -1.71. The van der Waals surface area contributed by atoms with Crippen molar-refractivity contribution in [3.8, 4) is 0 Å². The van der Waals surface area contributed by atoms with Crippen molar-refractivity contribution < 1.29 is 42.4 Å². The van der Waals surface area contributed by atoms with Gasteiger partial charge in [-0.15, -0.1) is 9.05 Å². The molecule has 0 aliphatic carbocycles. The second-order valence-electron chi connectivity index (χ2n) is 3.65. The van der Waals surface area contributed by atoms with Gasteiger partial charge in [-0.1, -0.05) is 0 Å². The van der Waals surface area contributed by atoms with E-state index in [1.807, 2.05) is 0 Å². The van der Waals surface area contributed by atoms with Gasteiger partial charge in [-0.2, -0.15) is 0 Å². The zero-order chi connectivity index (χ0) is 14.2. The first-order valence-electron chi connectivity index (χ1n) is 5.17. The summed E-state index contributed by atoms with van der Waals surface area (Å²) in [4.78, 5) is 51.9. The lowest BCUT2D eigenvalue weighted by Gasteiger charge is -2.06. The van der Waals surface area contributed by atoms with Gasteiger partial charge in [0.1, 0.15) is 13.2 Å². The van der Waals surface area contributed by atoms with E-state index in [0.717, 1.165) is 0 Å². The third kappa shape index (κ3) is 14.3. The molecule has 0 fully saturated rings. The lowest BCUT2D eigenvalue weighted by atomic mass is 10.5. The molecule has 0 rings (SSSR count). The van der Waals surface area contributed by atoms with Crippen LogP contribution in [0.2, 0.25) is 12.1 Å². The molecule has 0 atom stereocenters. The van der Waals surface area contributed by atoms with Crippen molar-refractivity contribution >= 4 is 25.9 Å². The molecule has 108 valence electrons. The Labute approximate surface area is 107 Å². The third-order valence-corrected chi connectivity index (χ3v) is 4.54. The summed E-state index contributed by atoms with van der Waals surface area (Å²) < 4.78 is 20.4. The lowest BCUT2D eigenvalue weighted by molar-refractivity contribution is 0.199. The molecular formula is C6H18O9PSi2+. The second kappa shape index (κ2) is 8.40. The predicted molar refractivity (Wildman–Crippen MR) is 63.2 cm³/mol. The monoisotopic (exact) mass is 321 g/mol. The van der Waals surface area contributed by atoms with Gasteiger partial charge in [0.25, 0.3) is 0 Å². The molecule has 0 radical (unpaired) electrons. The van der Waals surface area contributed by atoms with E-state index in [4.69, 9.17) is 28.8 Å². The standard InChI is InChI=1S/C6H18O9PSi2/c7-16(14-3-1-5-17(8,9)10)15-4-2-6-18(11,12)13/h8-13H,1-6H2/q+1. The Morgan fingerprint density at radius 3 is 1.39 bits per heavy atom. The van der Waals surface area contributed by atoms with Crippen molar-refractivity contribution in [2.24, 2.45) is 0 Å². The first kappa shape index (κ1) is 18.2. The Hall–Kier alpha value is 0.214. The minimum atomic E-state index is -4.08. The molecular weight excluding hydrogens is 303 g/mol. The molecule has 0 saturated heterocycles. The average Bonchev–Trinajstić information content (AvgIpc) is 2.17. The maximum Gasteiger partial charge on any atom is 0.697 e. The average molecular weight is 321 g/mol. The van der Waals surface area contributed by atoms with E-state index in [1.54, 1.807) is 0 Å². The van der Waals surface area contributed by atoms with Crippen molar-refractivity contribution in [2.45, 2.75) is 24.9 Å². The fourth-order valence-corrected chi connectivity index (χ4v) is 2.80. The van der Waals surface area contributed by atoms with Crippen molar-refractivity contribution in [1.29, 1.82) is 0 Å². The van der Waals surface area contributed by atoms with E-state index < -0.39 is 25.9 Å². The van der Waals surface area contributed by atoms with E-state index in [-0.39, 0.29) is 38.1 Å². The summed E-state index contributed by atoms with van der Waals surface area (Å²) in [6.45, 7) is -0.130. The highest BCUT2D eigenvalue weighted by Crippen LogP contribution is 2.25. The molecule has 0 aliphatic heterocycles. The maximum atomic E-state index is 11.0. The highest BCUT2D eigenvalue weighted by molar-refractivity contribution is 7.33. The molecule has 0 aromatic carbocycles. The smallest absolute Gasteiger partial charge is 0.390 e. The fraction of sp³-hybridized carbons (Fsp3) is 1.00. The van der Waals surface area contributed by atoms with Crippen LogP contribution in [0.5, 0.6) is 0 Å². The Balaban J connectivity index is 3.44. The largest absolute Gasteiger partial charge is 0.697 e. The number of rotatable bonds is 10. The molecule has 0 unspecified atom stereocenters. The highest BCUT2D eigenvalue weighted by atomic mass is 31.1. The van der Waals surface area contributed by atoms with Crippen molar-refractivity contribution in [1.82, 2.24) is 0 Å². The van der Waals surface area contributed by atoms with Gasteiger partial charge in [-0.05, 0) is 12.8 Å². The first-order chi connectivity index (χ1) is 8.10. The van der Waals surface area contributed by atoms with Crippen LogP contribution in [0.1, 0.15) is 12.8 Å². The van der Waals surface area contributed by atoms with E-state index in [1.165, 1.54) is 0 Å². The summed E-state index contributed by atoms with van der Waals surface area (Å²) in [6, 6.07) is -0.437. The Kier molecular flexibility index (Phi) is 8.50. The van der Waals surface area contributed by atoms with Crippen molar-refractivity contribution in [3.05, 3.63) is 0 Å². The minimum absolute atomic E-state index is 0.0652. The molecule has 0 heterocycles. The van der Waals surface area contributed by atoms with E-state index >= 15 is 0 Å². The quantitative estimate of drug-likeness (QED) is 0.156. The van der Waals surface area contributed by atoms with Gasteiger partial charge in [-0.3, -0.25) is 0 Å². The van der Waals surface area contributed by atoms with Gasteiger partial charge in [0.05, 0.1) is 0 Å². The van der Waals surface area contributed by atoms with Crippen molar-refractivity contribution in [3.63, 3.8) is 0 Å². The fourth-order valence-electron chi connectivity index (χ4n) is 0.934. The summed E-state index contributed by atoms with van der Waals surface area (Å²) in [5.41, 5.74) is 0. The summed E-state index contributed by atoms with van der Waals surface area (Å²) in [6.07, 6.45) is 0.250. The van der Waals surface area contributed by atoms with E-state index in [9.17, 15) is 4.57 Å². The SMILES string of the molecule is O=[P+](OCCC[Si](O)(O)O)OCCC[Si](O)(O)O. The van der Waals surface area contributed by atoms with Crippen molar-refractivity contribution in [2.75, 3.05) is 13.2 Å². The van der Waals surface area contributed by atoms with E-state index in [0.29, 0.717) is 0 Å². The normalized spacial score (nSPS) is 12.8. The maximum absolute atomic E-state index is 11.0. The van der Waals surface area contributed by atoms with Crippen LogP contribution in [0.4, 0.5) is 0 Å². The van der Waals surface area contributed by atoms with Crippen LogP contribution in [0.25, 0.3) is 0 Å². The van der Waals surface area contributed by atoms with Crippen LogP contribution in [0.3, 0.4) is 0 Å². The van der Waals surface area contributed by atoms with Gasteiger partial charge >= 0.3 is 25.9 Å². The summed E-state index contributed by atoms with van der Waals surface area (Å²) in [7, 11) is -10.5. The van der Waals surface area contributed by atoms with Gasteiger partial charge in [0.15, 0.2) is 0 Å². The van der Waals surface area contributed by atoms with Crippen LogP contribution in [0.15, 0.2) is 0 Å². The molecule has 6 N–H and O–H groups in total. The molecule has 0 spiro atoms. The molecule has 12 heteroatoms. The van der Waals surface area contributed by atoms with Gasteiger partial charge in [-0.25, -0.2) is 0 Å². The van der Waals surface area contributed by atoms with Gasteiger partial charge < -0.3 is 28.8 Å². The molecule has 9 nitrogen and oxygen atoms in total. The molecule has 0 amide bonds. The molecule has 0 aliphatic rings. The number of hydrogen-bond donors (Lipinski definition) is 6. The Morgan fingerprint density at radius 1 is 0.778 bits per heavy atom. The molecule has 18 heavy (non-hydrogen) atoms. The zero-order valence-corrected chi connectivity index (χ0v) is 12.5. The minimum Gasteiger partial charge on any atom is -0.390 e. The summed E-state index contributed by atoms with van der Waals surface area (Å²) in [5.74, 6) is 0. The van der Waals surface area contributed by atoms with Gasteiger partial charge in [0, 0.05) is 16.7 Å². The molecule has 0 aromatic rings. The van der Waals surface area contributed by atoms with Crippen LogP contribution in [-0.2, 0) is 13.6 Å². The third-order valence-electron chi connectivity index (χ3n) is 1.71. The molecule has 0 saturated carbocycles. The second-order valence-corrected chi connectivity index (χ2v) is 8.71. The summed E-state index contributed by atoms with van der Waals surface area (Å²) in [5, 5.41) is 0.